The third-order valence-electron chi connectivity index (χ3n) is 3.27. The number of piperidine rings is 1. The minimum absolute atomic E-state index is 0.515. The summed E-state index contributed by atoms with van der Waals surface area (Å²) in [4.78, 5) is 2.41. The van der Waals surface area contributed by atoms with Gasteiger partial charge in [-0.3, -0.25) is 4.90 Å². The fourth-order valence-electron chi connectivity index (χ4n) is 2.35. The van der Waals surface area contributed by atoms with Gasteiger partial charge < -0.3 is 10.4 Å². The molecule has 0 saturated carbocycles. The van der Waals surface area contributed by atoms with Gasteiger partial charge in [0.25, 0.3) is 0 Å². The highest BCUT2D eigenvalue weighted by molar-refractivity contribution is 4.79. The molecule has 1 rings (SSSR count). The molecule has 1 aliphatic heterocycles. The highest BCUT2D eigenvalue weighted by atomic mass is 16.3. The van der Waals surface area contributed by atoms with Gasteiger partial charge in [0.15, 0.2) is 0 Å². The van der Waals surface area contributed by atoms with Crippen molar-refractivity contribution < 1.29 is 5.11 Å². The van der Waals surface area contributed by atoms with Crippen LogP contribution in [0.25, 0.3) is 0 Å². The van der Waals surface area contributed by atoms with Crippen molar-refractivity contribution in [1.29, 1.82) is 0 Å². The molecule has 0 radical (unpaired) electrons. The van der Waals surface area contributed by atoms with Crippen LogP contribution in [-0.4, -0.2) is 47.8 Å². The average molecular weight is 228 g/mol. The van der Waals surface area contributed by atoms with Crippen LogP contribution in [0.2, 0.25) is 0 Å². The SMILES string of the molecule is CC(C)N(CC1CCNCC1)CC(C)(C)O. The van der Waals surface area contributed by atoms with E-state index in [1.54, 1.807) is 0 Å². The highest BCUT2D eigenvalue weighted by Gasteiger charge is 2.23. The van der Waals surface area contributed by atoms with E-state index in [0.29, 0.717) is 6.04 Å². The molecule has 96 valence electrons. The number of aliphatic hydroxyl groups is 1. The van der Waals surface area contributed by atoms with Crippen molar-refractivity contribution in [3.8, 4) is 0 Å². The Morgan fingerprint density at radius 2 is 1.88 bits per heavy atom. The van der Waals surface area contributed by atoms with Crippen molar-refractivity contribution in [3.63, 3.8) is 0 Å². The molecule has 0 amide bonds. The minimum Gasteiger partial charge on any atom is -0.389 e. The van der Waals surface area contributed by atoms with Crippen LogP contribution in [0.15, 0.2) is 0 Å². The summed E-state index contributed by atoms with van der Waals surface area (Å²) >= 11 is 0. The van der Waals surface area contributed by atoms with Crippen molar-refractivity contribution in [2.45, 2.75) is 52.2 Å². The van der Waals surface area contributed by atoms with E-state index in [2.05, 4.69) is 24.1 Å². The molecule has 2 N–H and O–H groups in total. The molecular formula is C13H28N2O. The average Bonchev–Trinajstić information content (AvgIpc) is 2.16. The zero-order chi connectivity index (χ0) is 12.2. The number of hydrogen-bond donors (Lipinski definition) is 2. The van der Waals surface area contributed by atoms with Crippen molar-refractivity contribution in [2.24, 2.45) is 5.92 Å². The van der Waals surface area contributed by atoms with E-state index in [1.165, 1.54) is 12.8 Å². The molecule has 1 fully saturated rings. The molecular weight excluding hydrogens is 200 g/mol. The van der Waals surface area contributed by atoms with Crippen LogP contribution in [-0.2, 0) is 0 Å². The summed E-state index contributed by atoms with van der Waals surface area (Å²) in [6, 6.07) is 0.515. The molecule has 16 heavy (non-hydrogen) atoms. The van der Waals surface area contributed by atoms with E-state index in [0.717, 1.165) is 32.1 Å². The smallest absolute Gasteiger partial charge is 0.0718 e. The lowest BCUT2D eigenvalue weighted by Crippen LogP contribution is -2.46. The Morgan fingerprint density at radius 1 is 1.31 bits per heavy atom. The first-order valence-corrected chi connectivity index (χ1v) is 6.55. The molecule has 0 spiro atoms. The van der Waals surface area contributed by atoms with Gasteiger partial charge in [-0.05, 0) is 59.5 Å². The predicted octanol–water partition coefficient (Wildman–Crippen LogP) is 1.47. The molecule has 0 aliphatic carbocycles. The Balaban J connectivity index is 2.43. The summed E-state index contributed by atoms with van der Waals surface area (Å²) < 4.78 is 0. The fraction of sp³-hybridized carbons (Fsp3) is 1.00. The third kappa shape index (κ3) is 5.28. The van der Waals surface area contributed by atoms with Gasteiger partial charge >= 0.3 is 0 Å². The van der Waals surface area contributed by atoms with Gasteiger partial charge in [-0.2, -0.15) is 0 Å². The second-order valence-corrected chi connectivity index (χ2v) is 6.03. The molecule has 1 aliphatic rings. The van der Waals surface area contributed by atoms with Crippen molar-refractivity contribution >= 4 is 0 Å². The highest BCUT2D eigenvalue weighted by Crippen LogP contribution is 2.17. The van der Waals surface area contributed by atoms with Crippen LogP contribution in [0, 0.1) is 5.92 Å². The van der Waals surface area contributed by atoms with Crippen molar-refractivity contribution in [2.75, 3.05) is 26.2 Å². The predicted molar refractivity (Wildman–Crippen MR) is 68.6 cm³/mol. The van der Waals surface area contributed by atoms with Crippen LogP contribution < -0.4 is 5.32 Å². The van der Waals surface area contributed by atoms with Gasteiger partial charge in [0, 0.05) is 19.1 Å². The van der Waals surface area contributed by atoms with Gasteiger partial charge in [0.1, 0.15) is 0 Å². The molecule has 0 unspecified atom stereocenters. The minimum atomic E-state index is -0.586. The zero-order valence-corrected chi connectivity index (χ0v) is 11.3. The number of rotatable bonds is 5. The Hall–Kier alpha value is -0.120. The van der Waals surface area contributed by atoms with E-state index in [4.69, 9.17) is 0 Å². The summed E-state index contributed by atoms with van der Waals surface area (Å²) in [5, 5.41) is 13.3. The largest absolute Gasteiger partial charge is 0.389 e. The second kappa shape index (κ2) is 5.99. The molecule has 0 aromatic carbocycles. The Morgan fingerprint density at radius 3 is 2.31 bits per heavy atom. The molecule has 3 heteroatoms. The van der Waals surface area contributed by atoms with E-state index in [9.17, 15) is 5.11 Å². The van der Waals surface area contributed by atoms with E-state index < -0.39 is 5.60 Å². The lowest BCUT2D eigenvalue weighted by atomic mass is 9.96. The third-order valence-corrected chi connectivity index (χ3v) is 3.27. The lowest BCUT2D eigenvalue weighted by molar-refractivity contribution is 0.0178. The van der Waals surface area contributed by atoms with Gasteiger partial charge in [-0.15, -0.1) is 0 Å². The summed E-state index contributed by atoms with van der Waals surface area (Å²) in [6.45, 7) is 12.4. The maximum atomic E-state index is 9.91. The molecule has 1 saturated heterocycles. The normalized spacial score (nSPS) is 19.7. The molecule has 0 atom stereocenters. The summed E-state index contributed by atoms with van der Waals surface area (Å²) in [6.07, 6.45) is 2.55. The second-order valence-electron chi connectivity index (χ2n) is 6.03. The van der Waals surface area contributed by atoms with Crippen molar-refractivity contribution in [1.82, 2.24) is 10.2 Å². The van der Waals surface area contributed by atoms with E-state index in [-0.39, 0.29) is 0 Å². The van der Waals surface area contributed by atoms with Gasteiger partial charge in [-0.1, -0.05) is 0 Å². The van der Waals surface area contributed by atoms with E-state index >= 15 is 0 Å². The van der Waals surface area contributed by atoms with Crippen LogP contribution in [0.1, 0.15) is 40.5 Å². The standard InChI is InChI=1S/C13H28N2O/c1-11(2)15(10-13(3,4)16)9-12-5-7-14-8-6-12/h11-12,14,16H,5-10H2,1-4H3. The van der Waals surface area contributed by atoms with Crippen molar-refractivity contribution in [3.05, 3.63) is 0 Å². The molecule has 3 nitrogen and oxygen atoms in total. The van der Waals surface area contributed by atoms with Crippen LogP contribution in [0.4, 0.5) is 0 Å². The van der Waals surface area contributed by atoms with Gasteiger partial charge in [0.2, 0.25) is 0 Å². The summed E-state index contributed by atoms with van der Waals surface area (Å²) in [7, 11) is 0. The first-order valence-electron chi connectivity index (χ1n) is 6.55. The quantitative estimate of drug-likeness (QED) is 0.748. The monoisotopic (exact) mass is 228 g/mol. The fourth-order valence-corrected chi connectivity index (χ4v) is 2.35. The topological polar surface area (TPSA) is 35.5 Å². The number of nitrogens with one attached hydrogen (secondary N) is 1. The summed E-state index contributed by atoms with van der Waals surface area (Å²) in [5.41, 5.74) is -0.586. The number of nitrogens with zero attached hydrogens (tertiary/aromatic N) is 1. The molecule has 0 bridgehead atoms. The molecule has 0 aromatic rings. The first kappa shape index (κ1) is 13.9. The molecule has 0 aromatic heterocycles. The Bertz CT molecular complexity index is 193. The lowest BCUT2D eigenvalue weighted by Gasteiger charge is -2.36. The van der Waals surface area contributed by atoms with Crippen LogP contribution >= 0.6 is 0 Å². The number of hydrogen-bond acceptors (Lipinski definition) is 3. The van der Waals surface area contributed by atoms with Crippen LogP contribution in [0.5, 0.6) is 0 Å². The van der Waals surface area contributed by atoms with Crippen LogP contribution in [0.3, 0.4) is 0 Å². The first-order chi connectivity index (χ1) is 7.38. The zero-order valence-electron chi connectivity index (χ0n) is 11.3. The maximum absolute atomic E-state index is 9.91. The maximum Gasteiger partial charge on any atom is 0.0718 e. The van der Waals surface area contributed by atoms with E-state index in [1.807, 2.05) is 13.8 Å². The van der Waals surface area contributed by atoms with Gasteiger partial charge in [0.05, 0.1) is 5.60 Å². The summed E-state index contributed by atoms with van der Waals surface area (Å²) in [5.74, 6) is 0.797. The Labute approximate surface area is 100 Å². The Kier molecular flexibility index (Phi) is 5.22. The molecule has 1 heterocycles. The van der Waals surface area contributed by atoms with Gasteiger partial charge in [-0.25, -0.2) is 0 Å².